The molecule has 0 radical (unpaired) electrons. The molecule has 0 aromatic heterocycles. The molecule has 1 unspecified atom stereocenters. The average Bonchev–Trinajstić information content (AvgIpc) is 2.68. The number of nitrogens with one attached hydrogen (secondary N) is 2. The first-order valence-electron chi connectivity index (χ1n) is 6.31. The standard InChI is InChI=1S/C11H20N2O5S/c1-2-18-6-3-5-12-10(14)11(15)13-9-4-7-19(16,17)8-9/h9H,2-8H2,1H3,(H,12,14)(H,13,15). The van der Waals surface area contributed by atoms with Crippen LogP contribution in [-0.4, -0.2) is 57.5 Å². The van der Waals surface area contributed by atoms with Crippen LogP contribution in [0.15, 0.2) is 0 Å². The molecule has 1 heterocycles. The Morgan fingerprint density at radius 3 is 2.63 bits per heavy atom. The van der Waals surface area contributed by atoms with Crippen molar-refractivity contribution in [3.05, 3.63) is 0 Å². The molecule has 2 N–H and O–H groups in total. The summed E-state index contributed by atoms with van der Waals surface area (Å²) in [6, 6.07) is -0.452. The van der Waals surface area contributed by atoms with E-state index >= 15 is 0 Å². The molecule has 1 aliphatic heterocycles. The zero-order chi connectivity index (χ0) is 14.3. The summed E-state index contributed by atoms with van der Waals surface area (Å²) in [6.45, 7) is 3.38. The molecule has 8 heteroatoms. The van der Waals surface area contributed by atoms with Crippen molar-refractivity contribution in [1.29, 1.82) is 0 Å². The number of sulfone groups is 1. The van der Waals surface area contributed by atoms with Crippen LogP contribution in [0.2, 0.25) is 0 Å². The molecule has 1 rings (SSSR count). The van der Waals surface area contributed by atoms with Gasteiger partial charge < -0.3 is 15.4 Å². The van der Waals surface area contributed by atoms with Gasteiger partial charge in [0.25, 0.3) is 0 Å². The summed E-state index contributed by atoms with van der Waals surface area (Å²) < 4.78 is 27.5. The van der Waals surface area contributed by atoms with Crippen molar-refractivity contribution in [1.82, 2.24) is 10.6 Å². The van der Waals surface area contributed by atoms with Crippen molar-refractivity contribution in [3.8, 4) is 0 Å². The Morgan fingerprint density at radius 2 is 2.05 bits per heavy atom. The zero-order valence-electron chi connectivity index (χ0n) is 11.0. The lowest BCUT2D eigenvalue weighted by Gasteiger charge is -2.10. The summed E-state index contributed by atoms with van der Waals surface area (Å²) in [5.41, 5.74) is 0. The van der Waals surface area contributed by atoms with Crippen LogP contribution in [-0.2, 0) is 24.2 Å². The highest BCUT2D eigenvalue weighted by Crippen LogP contribution is 2.10. The van der Waals surface area contributed by atoms with Gasteiger partial charge in [-0.1, -0.05) is 0 Å². The van der Waals surface area contributed by atoms with Gasteiger partial charge in [0.15, 0.2) is 9.84 Å². The maximum Gasteiger partial charge on any atom is 0.309 e. The van der Waals surface area contributed by atoms with Crippen molar-refractivity contribution in [2.75, 3.05) is 31.3 Å². The van der Waals surface area contributed by atoms with Gasteiger partial charge in [-0.15, -0.1) is 0 Å². The van der Waals surface area contributed by atoms with Gasteiger partial charge in [0.05, 0.1) is 11.5 Å². The SMILES string of the molecule is CCOCCCNC(=O)C(=O)NC1CCS(=O)(=O)C1. The predicted octanol–water partition coefficient (Wildman–Crippen LogP) is -1.17. The second-order valence-corrected chi connectivity index (χ2v) is 6.61. The second-order valence-electron chi connectivity index (χ2n) is 4.38. The van der Waals surface area contributed by atoms with Gasteiger partial charge >= 0.3 is 11.8 Å². The topological polar surface area (TPSA) is 102 Å². The lowest BCUT2D eigenvalue weighted by molar-refractivity contribution is -0.139. The highest BCUT2D eigenvalue weighted by molar-refractivity contribution is 7.91. The minimum Gasteiger partial charge on any atom is -0.382 e. The Morgan fingerprint density at radius 1 is 1.32 bits per heavy atom. The van der Waals surface area contributed by atoms with Crippen LogP contribution < -0.4 is 10.6 Å². The van der Waals surface area contributed by atoms with E-state index < -0.39 is 27.7 Å². The van der Waals surface area contributed by atoms with Gasteiger partial charge in [0.2, 0.25) is 0 Å². The van der Waals surface area contributed by atoms with Crippen molar-refractivity contribution < 1.29 is 22.7 Å². The number of amides is 2. The number of hydrogen-bond acceptors (Lipinski definition) is 5. The monoisotopic (exact) mass is 292 g/mol. The van der Waals surface area contributed by atoms with E-state index in [4.69, 9.17) is 4.74 Å². The van der Waals surface area contributed by atoms with Crippen LogP contribution in [0.1, 0.15) is 19.8 Å². The first kappa shape index (κ1) is 15.9. The van der Waals surface area contributed by atoms with Crippen LogP contribution in [0, 0.1) is 0 Å². The van der Waals surface area contributed by atoms with Gasteiger partial charge in [-0.25, -0.2) is 8.42 Å². The van der Waals surface area contributed by atoms with Crippen LogP contribution in [0.5, 0.6) is 0 Å². The Balaban J connectivity index is 2.20. The molecule has 1 fully saturated rings. The summed E-state index contributed by atoms with van der Waals surface area (Å²) >= 11 is 0. The predicted molar refractivity (Wildman–Crippen MR) is 69.3 cm³/mol. The van der Waals surface area contributed by atoms with Crippen LogP contribution in [0.3, 0.4) is 0 Å². The van der Waals surface area contributed by atoms with Crippen molar-refractivity contribution in [3.63, 3.8) is 0 Å². The zero-order valence-corrected chi connectivity index (χ0v) is 11.8. The Labute approximate surface area is 113 Å². The second kappa shape index (κ2) is 7.44. The number of hydrogen-bond donors (Lipinski definition) is 2. The summed E-state index contributed by atoms with van der Waals surface area (Å²) in [7, 11) is -3.06. The smallest absolute Gasteiger partial charge is 0.309 e. The van der Waals surface area contributed by atoms with Gasteiger partial charge in [-0.3, -0.25) is 9.59 Å². The molecule has 110 valence electrons. The molecule has 1 saturated heterocycles. The summed E-state index contributed by atoms with van der Waals surface area (Å²) in [5.74, 6) is -1.54. The van der Waals surface area contributed by atoms with Crippen molar-refractivity contribution >= 4 is 21.7 Å². The molecule has 0 aliphatic carbocycles. The third-order valence-corrected chi connectivity index (χ3v) is 4.50. The first-order chi connectivity index (χ1) is 8.94. The molecular weight excluding hydrogens is 272 g/mol. The number of carbonyl (C=O) groups excluding carboxylic acids is 2. The van der Waals surface area contributed by atoms with E-state index in [0.29, 0.717) is 32.6 Å². The summed E-state index contributed by atoms with van der Waals surface area (Å²) in [6.07, 6.45) is 0.996. The minimum atomic E-state index is -3.06. The summed E-state index contributed by atoms with van der Waals surface area (Å²) in [5, 5.41) is 4.88. The Hall–Kier alpha value is -1.15. The first-order valence-corrected chi connectivity index (χ1v) is 8.13. The fourth-order valence-corrected chi connectivity index (χ4v) is 3.43. The van der Waals surface area contributed by atoms with Crippen LogP contribution in [0.4, 0.5) is 0 Å². The molecule has 19 heavy (non-hydrogen) atoms. The number of rotatable bonds is 6. The van der Waals surface area contributed by atoms with E-state index in [-0.39, 0.29) is 11.5 Å². The lowest BCUT2D eigenvalue weighted by atomic mass is 10.2. The fourth-order valence-electron chi connectivity index (χ4n) is 1.76. The van der Waals surface area contributed by atoms with Gasteiger partial charge in [0, 0.05) is 25.8 Å². The Kier molecular flexibility index (Phi) is 6.23. The van der Waals surface area contributed by atoms with E-state index in [2.05, 4.69) is 10.6 Å². The van der Waals surface area contributed by atoms with E-state index in [1.807, 2.05) is 6.92 Å². The molecule has 0 bridgehead atoms. The summed E-state index contributed by atoms with van der Waals surface area (Å²) in [4.78, 5) is 22.9. The highest BCUT2D eigenvalue weighted by Gasteiger charge is 2.30. The lowest BCUT2D eigenvalue weighted by Crippen LogP contribution is -2.45. The average molecular weight is 292 g/mol. The molecule has 1 atom stereocenters. The number of carbonyl (C=O) groups is 2. The van der Waals surface area contributed by atoms with Crippen LogP contribution in [0.25, 0.3) is 0 Å². The molecule has 0 spiro atoms. The molecule has 0 saturated carbocycles. The molecule has 0 aromatic carbocycles. The molecule has 0 aromatic rings. The molecule has 2 amide bonds. The third kappa shape index (κ3) is 6.02. The minimum absolute atomic E-state index is 0.0634. The van der Waals surface area contributed by atoms with E-state index in [0.717, 1.165) is 0 Å². The van der Waals surface area contributed by atoms with Gasteiger partial charge in [-0.2, -0.15) is 0 Å². The molecular formula is C11H20N2O5S. The van der Waals surface area contributed by atoms with Crippen LogP contribution >= 0.6 is 0 Å². The highest BCUT2D eigenvalue weighted by atomic mass is 32.2. The van der Waals surface area contributed by atoms with E-state index in [9.17, 15) is 18.0 Å². The Bertz CT molecular complexity index is 421. The number of ether oxygens (including phenoxy) is 1. The van der Waals surface area contributed by atoms with E-state index in [1.165, 1.54) is 0 Å². The van der Waals surface area contributed by atoms with Crippen molar-refractivity contribution in [2.24, 2.45) is 0 Å². The van der Waals surface area contributed by atoms with Gasteiger partial charge in [0.1, 0.15) is 0 Å². The molecule has 1 aliphatic rings. The fraction of sp³-hybridized carbons (Fsp3) is 0.818. The largest absolute Gasteiger partial charge is 0.382 e. The normalized spacial score (nSPS) is 21.0. The third-order valence-electron chi connectivity index (χ3n) is 2.73. The molecule has 7 nitrogen and oxygen atoms in total. The quantitative estimate of drug-likeness (QED) is 0.474. The van der Waals surface area contributed by atoms with Crippen molar-refractivity contribution in [2.45, 2.75) is 25.8 Å². The maximum atomic E-state index is 11.5. The maximum absolute atomic E-state index is 11.5. The van der Waals surface area contributed by atoms with E-state index in [1.54, 1.807) is 0 Å². The van der Waals surface area contributed by atoms with Gasteiger partial charge in [-0.05, 0) is 19.8 Å².